The minimum absolute atomic E-state index is 0.602. The summed E-state index contributed by atoms with van der Waals surface area (Å²) in [6.07, 6.45) is 1.15. The highest BCUT2D eigenvalue weighted by molar-refractivity contribution is 8.06. The lowest BCUT2D eigenvalue weighted by Gasteiger charge is -2.29. The van der Waals surface area contributed by atoms with Gasteiger partial charge in [0.05, 0.1) is 0 Å². The average molecular weight is 281 g/mol. The van der Waals surface area contributed by atoms with Crippen LogP contribution in [0.15, 0.2) is 18.2 Å². The smallest absolute Gasteiger partial charge is 0.0295 e. The maximum atomic E-state index is 3.52. The minimum atomic E-state index is 0.602. The van der Waals surface area contributed by atoms with E-state index in [2.05, 4.69) is 67.9 Å². The molecule has 0 radical (unpaired) electrons. The fraction of sp³-hybridized carbons (Fsp3) is 0.600. The topological polar surface area (TPSA) is 12.0 Å². The van der Waals surface area contributed by atoms with E-state index in [1.54, 1.807) is 0 Å². The molecule has 100 valence electrons. The second-order valence-electron chi connectivity index (χ2n) is 5.00. The summed E-state index contributed by atoms with van der Waals surface area (Å²) in [5.41, 5.74) is 4.27. The van der Waals surface area contributed by atoms with Gasteiger partial charge in [0.1, 0.15) is 0 Å². The fourth-order valence-corrected chi connectivity index (χ4v) is 5.27. The first-order chi connectivity index (χ1) is 8.70. The number of rotatable bonds is 4. The highest BCUT2D eigenvalue weighted by Crippen LogP contribution is 2.28. The largest absolute Gasteiger partial charge is 0.316 e. The molecule has 2 atom stereocenters. The summed E-state index contributed by atoms with van der Waals surface area (Å²) in [5.74, 6) is 3.92. The van der Waals surface area contributed by atoms with E-state index in [0.29, 0.717) is 6.04 Å². The summed E-state index contributed by atoms with van der Waals surface area (Å²) in [4.78, 5) is 0. The molecule has 1 aliphatic heterocycles. The lowest BCUT2D eigenvalue weighted by molar-refractivity contribution is 0.557. The highest BCUT2D eigenvalue weighted by atomic mass is 32.2. The Hall–Kier alpha value is -0.120. The van der Waals surface area contributed by atoms with Crippen molar-refractivity contribution >= 4 is 23.5 Å². The van der Waals surface area contributed by atoms with E-state index < -0.39 is 0 Å². The Labute approximate surface area is 120 Å². The van der Waals surface area contributed by atoms with Crippen molar-refractivity contribution < 1.29 is 0 Å². The van der Waals surface area contributed by atoms with E-state index in [9.17, 15) is 0 Å². The van der Waals surface area contributed by atoms with Crippen LogP contribution in [0.3, 0.4) is 0 Å². The van der Waals surface area contributed by atoms with E-state index in [4.69, 9.17) is 0 Å². The predicted molar refractivity (Wildman–Crippen MR) is 86.0 cm³/mol. The van der Waals surface area contributed by atoms with Gasteiger partial charge >= 0.3 is 0 Å². The van der Waals surface area contributed by atoms with Crippen molar-refractivity contribution in [2.24, 2.45) is 0 Å². The van der Waals surface area contributed by atoms with Crippen LogP contribution < -0.4 is 5.32 Å². The van der Waals surface area contributed by atoms with Gasteiger partial charge in [0.25, 0.3) is 0 Å². The van der Waals surface area contributed by atoms with Crippen LogP contribution in [0.1, 0.15) is 16.7 Å². The molecule has 1 N–H and O–H groups in total. The second kappa shape index (κ2) is 6.88. The normalized spacial score (nSPS) is 21.8. The van der Waals surface area contributed by atoms with Gasteiger partial charge in [-0.15, -0.1) is 0 Å². The zero-order valence-corrected chi connectivity index (χ0v) is 13.2. The van der Waals surface area contributed by atoms with E-state index in [1.165, 1.54) is 33.9 Å². The summed E-state index contributed by atoms with van der Waals surface area (Å²) >= 11 is 4.24. The molecular formula is C15H23NS2. The molecule has 1 aromatic carbocycles. The third kappa shape index (κ3) is 3.69. The van der Waals surface area contributed by atoms with Gasteiger partial charge in [0, 0.05) is 28.6 Å². The molecule has 0 saturated carbocycles. The molecular weight excluding hydrogens is 258 g/mol. The number of benzene rings is 1. The van der Waals surface area contributed by atoms with Crippen LogP contribution in [0, 0.1) is 13.8 Å². The van der Waals surface area contributed by atoms with Gasteiger partial charge in [0.2, 0.25) is 0 Å². The standard InChI is InChI=1S/C15H23NS2/c1-11-4-5-13(8-12(11)2)9-14(16-3)15-10-17-6-7-18-15/h4-5,8,14-16H,6-7,9-10H2,1-3H3. The van der Waals surface area contributed by atoms with E-state index in [1.807, 2.05) is 0 Å². The monoisotopic (exact) mass is 281 g/mol. The first-order valence-electron chi connectivity index (χ1n) is 6.63. The molecule has 1 nitrogen and oxygen atoms in total. The van der Waals surface area contributed by atoms with E-state index in [0.717, 1.165) is 11.7 Å². The third-order valence-corrected chi connectivity index (χ3v) is 6.61. The lowest BCUT2D eigenvalue weighted by Crippen LogP contribution is -2.40. The zero-order chi connectivity index (χ0) is 13.0. The predicted octanol–water partition coefficient (Wildman–Crippen LogP) is 3.28. The van der Waals surface area contributed by atoms with Crippen molar-refractivity contribution in [3.8, 4) is 0 Å². The second-order valence-corrected chi connectivity index (χ2v) is 7.50. The van der Waals surface area contributed by atoms with Gasteiger partial charge in [0.15, 0.2) is 0 Å². The van der Waals surface area contributed by atoms with Crippen LogP contribution >= 0.6 is 23.5 Å². The Morgan fingerprint density at radius 3 is 2.72 bits per heavy atom. The van der Waals surface area contributed by atoms with Crippen molar-refractivity contribution in [3.05, 3.63) is 34.9 Å². The van der Waals surface area contributed by atoms with Crippen LogP contribution in [0.25, 0.3) is 0 Å². The van der Waals surface area contributed by atoms with Gasteiger partial charge in [-0.25, -0.2) is 0 Å². The summed E-state index contributed by atoms with van der Waals surface area (Å²) in [7, 11) is 2.10. The number of likely N-dealkylation sites (N-methyl/N-ethyl adjacent to an activating group) is 1. The molecule has 0 bridgehead atoms. The maximum absolute atomic E-state index is 3.52. The van der Waals surface area contributed by atoms with Crippen molar-refractivity contribution in [3.63, 3.8) is 0 Å². The highest BCUT2D eigenvalue weighted by Gasteiger charge is 2.23. The van der Waals surface area contributed by atoms with Gasteiger partial charge in [-0.2, -0.15) is 23.5 Å². The summed E-state index contributed by atoms with van der Waals surface area (Å²) in [6, 6.07) is 7.48. The number of nitrogens with one attached hydrogen (secondary N) is 1. The first kappa shape index (κ1) is 14.3. The van der Waals surface area contributed by atoms with E-state index in [-0.39, 0.29) is 0 Å². The molecule has 3 heteroatoms. The molecule has 0 amide bonds. The van der Waals surface area contributed by atoms with Crippen LogP contribution in [0.2, 0.25) is 0 Å². The summed E-state index contributed by atoms with van der Waals surface area (Å²) in [6.45, 7) is 4.39. The molecule has 1 heterocycles. The zero-order valence-electron chi connectivity index (χ0n) is 11.5. The quantitative estimate of drug-likeness (QED) is 0.909. The minimum Gasteiger partial charge on any atom is -0.316 e. The Morgan fingerprint density at radius 2 is 2.11 bits per heavy atom. The molecule has 18 heavy (non-hydrogen) atoms. The van der Waals surface area contributed by atoms with Crippen molar-refractivity contribution in [2.45, 2.75) is 31.6 Å². The van der Waals surface area contributed by atoms with Crippen LogP contribution in [0.5, 0.6) is 0 Å². The van der Waals surface area contributed by atoms with Crippen LogP contribution in [-0.2, 0) is 6.42 Å². The molecule has 2 unspecified atom stereocenters. The van der Waals surface area contributed by atoms with Gasteiger partial charge < -0.3 is 5.32 Å². The number of thioether (sulfide) groups is 2. The molecule has 1 aliphatic rings. The number of aryl methyl sites for hydroxylation is 2. The molecule has 0 aromatic heterocycles. The number of hydrogen-bond donors (Lipinski definition) is 1. The SMILES string of the molecule is CNC(Cc1ccc(C)c(C)c1)C1CSCCS1. The Morgan fingerprint density at radius 1 is 1.28 bits per heavy atom. The molecule has 2 rings (SSSR count). The fourth-order valence-electron chi connectivity index (χ4n) is 2.34. The van der Waals surface area contributed by atoms with Gasteiger partial charge in [-0.3, -0.25) is 0 Å². The summed E-state index contributed by atoms with van der Waals surface area (Å²) in [5, 5.41) is 4.28. The summed E-state index contributed by atoms with van der Waals surface area (Å²) < 4.78 is 0. The maximum Gasteiger partial charge on any atom is 0.0295 e. The van der Waals surface area contributed by atoms with Crippen LogP contribution in [-0.4, -0.2) is 35.6 Å². The first-order valence-corrected chi connectivity index (χ1v) is 8.84. The third-order valence-electron chi connectivity index (χ3n) is 3.69. The van der Waals surface area contributed by atoms with Crippen molar-refractivity contribution in [2.75, 3.05) is 24.3 Å². The van der Waals surface area contributed by atoms with Gasteiger partial charge in [-0.05, 0) is 44.0 Å². The number of hydrogen-bond acceptors (Lipinski definition) is 3. The molecule has 0 spiro atoms. The van der Waals surface area contributed by atoms with Crippen molar-refractivity contribution in [1.29, 1.82) is 0 Å². The Bertz CT molecular complexity index is 386. The van der Waals surface area contributed by atoms with Crippen LogP contribution in [0.4, 0.5) is 0 Å². The average Bonchev–Trinajstić information content (AvgIpc) is 2.41. The van der Waals surface area contributed by atoms with Gasteiger partial charge in [-0.1, -0.05) is 18.2 Å². The molecule has 1 fully saturated rings. The molecule has 1 aromatic rings. The van der Waals surface area contributed by atoms with Crippen molar-refractivity contribution in [1.82, 2.24) is 5.32 Å². The molecule has 1 saturated heterocycles. The van der Waals surface area contributed by atoms with E-state index >= 15 is 0 Å². The lowest BCUT2D eigenvalue weighted by atomic mass is 9.99. The Balaban J connectivity index is 2.02. The molecule has 0 aliphatic carbocycles. The Kier molecular flexibility index (Phi) is 5.46.